The highest BCUT2D eigenvalue weighted by atomic mass is 79.9. The van der Waals surface area contributed by atoms with Gasteiger partial charge in [-0.2, -0.15) is 0 Å². The van der Waals surface area contributed by atoms with Crippen LogP contribution in [0.5, 0.6) is 0 Å². The molecule has 5 nitrogen and oxygen atoms in total. The van der Waals surface area contributed by atoms with Crippen LogP contribution >= 0.6 is 27.3 Å². The average Bonchev–Trinajstić information content (AvgIpc) is 2.68. The van der Waals surface area contributed by atoms with Crippen molar-refractivity contribution in [3.63, 3.8) is 0 Å². The first-order valence-corrected chi connectivity index (χ1v) is 6.60. The van der Waals surface area contributed by atoms with Crippen LogP contribution in [0, 0.1) is 6.92 Å². The van der Waals surface area contributed by atoms with E-state index < -0.39 is 0 Å². The van der Waals surface area contributed by atoms with Gasteiger partial charge in [0.05, 0.1) is 23.6 Å². The van der Waals surface area contributed by atoms with E-state index in [0.717, 1.165) is 10.7 Å². The third-order valence-corrected chi connectivity index (χ3v) is 3.74. The zero-order valence-electron chi connectivity index (χ0n) is 9.40. The summed E-state index contributed by atoms with van der Waals surface area (Å²) in [6, 6.07) is 0. The van der Waals surface area contributed by atoms with Crippen molar-refractivity contribution >= 4 is 33.1 Å². The van der Waals surface area contributed by atoms with Gasteiger partial charge in [-0.25, -0.2) is 9.97 Å². The molecule has 2 rings (SSSR count). The fraction of sp³-hybridized carbons (Fsp3) is 0.300. The van der Waals surface area contributed by atoms with Gasteiger partial charge in [0.1, 0.15) is 10.3 Å². The molecule has 0 amide bonds. The number of halogens is 1. The maximum atomic E-state index is 11.4. The summed E-state index contributed by atoms with van der Waals surface area (Å²) in [6.45, 7) is 2.59. The summed E-state index contributed by atoms with van der Waals surface area (Å²) in [5.74, 6) is 0.611. The molecule has 7 heteroatoms. The van der Waals surface area contributed by atoms with Crippen molar-refractivity contribution < 1.29 is 0 Å². The van der Waals surface area contributed by atoms with E-state index in [2.05, 4.69) is 30.9 Å². The van der Waals surface area contributed by atoms with E-state index in [4.69, 9.17) is 0 Å². The molecule has 90 valence electrons. The number of nitrogens with zero attached hydrogens (tertiary/aromatic N) is 3. The van der Waals surface area contributed by atoms with Crippen LogP contribution in [-0.4, -0.2) is 22.0 Å². The number of nitrogens with one attached hydrogen (secondary N) is 1. The zero-order chi connectivity index (χ0) is 12.4. The number of H-pyrrole nitrogens is 1. The molecule has 1 N–H and O–H groups in total. The number of aryl methyl sites for hydroxylation is 1. The van der Waals surface area contributed by atoms with E-state index in [9.17, 15) is 4.79 Å². The first kappa shape index (κ1) is 12.3. The highest BCUT2D eigenvalue weighted by Gasteiger charge is 2.11. The molecule has 0 aromatic carbocycles. The van der Waals surface area contributed by atoms with Crippen molar-refractivity contribution in [2.45, 2.75) is 13.5 Å². The quantitative estimate of drug-likeness (QED) is 0.940. The number of thiazole rings is 1. The topological polar surface area (TPSA) is 61.9 Å². The molecule has 0 spiro atoms. The maximum Gasteiger partial charge on any atom is 0.267 e. The highest BCUT2D eigenvalue weighted by molar-refractivity contribution is 9.10. The first-order chi connectivity index (χ1) is 8.08. The van der Waals surface area contributed by atoms with Crippen molar-refractivity contribution in [1.82, 2.24) is 15.0 Å². The van der Waals surface area contributed by atoms with Gasteiger partial charge in [-0.3, -0.25) is 4.79 Å². The molecule has 2 aromatic rings. The van der Waals surface area contributed by atoms with E-state index in [0.29, 0.717) is 16.8 Å². The summed E-state index contributed by atoms with van der Waals surface area (Å²) < 4.78 is 0.439. The summed E-state index contributed by atoms with van der Waals surface area (Å²) in [7, 11) is 1.88. The molecule has 17 heavy (non-hydrogen) atoms. The van der Waals surface area contributed by atoms with E-state index in [1.807, 2.05) is 24.3 Å². The lowest BCUT2D eigenvalue weighted by Crippen LogP contribution is -2.22. The second-order valence-corrected chi connectivity index (χ2v) is 5.44. The van der Waals surface area contributed by atoms with E-state index >= 15 is 0 Å². The van der Waals surface area contributed by atoms with Crippen LogP contribution < -0.4 is 10.5 Å². The average molecular weight is 315 g/mol. The predicted octanol–water partition coefficient (Wildman–Crippen LogP) is 1.93. The number of hydrogen-bond acceptors (Lipinski definition) is 5. The lowest BCUT2D eigenvalue weighted by Gasteiger charge is -2.17. The Morgan fingerprint density at radius 1 is 1.59 bits per heavy atom. The molecule has 0 unspecified atom stereocenters. The molecule has 0 radical (unpaired) electrons. The van der Waals surface area contributed by atoms with Gasteiger partial charge in [-0.05, 0) is 22.9 Å². The minimum absolute atomic E-state index is 0.184. The Morgan fingerprint density at radius 2 is 2.35 bits per heavy atom. The molecule has 0 atom stereocenters. The van der Waals surface area contributed by atoms with Crippen LogP contribution in [0.4, 0.5) is 5.82 Å². The van der Waals surface area contributed by atoms with Gasteiger partial charge >= 0.3 is 0 Å². The minimum atomic E-state index is -0.184. The van der Waals surface area contributed by atoms with Crippen LogP contribution in [0.1, 0.15) is 10.7 Å². The summed E-state index contributed by atoms with van der Waals surface area (Å²) >= 11 is 4.84. The van der Waals surface area contributed by atoms with Crippen LogP contribution in [0.3, 0.4) is 0 Å². The molecule has 0 aliphatic rings. The standard InChI is InChI=1S/C10H11BrN4OS/c1-6-14-7(4-17-6)3-15(2)9-8(11)10(16)13-5-12-9/h4-5H,3H2,1-2H3,(H,12,13,16). The molecule has 0 aliphatic heterocycles. The first-order valence-electron chi connectivity index (χ1n) is 4.93. The summed E-state index contributed by atoms with van der Waals surface area (Å²) in [6.07, 6.45) is 1.39. The molecule has 0 aliphatic carbocycles. The van der Waals surface area contributed by atoms with E-state index in [1.165, 1.54) is 6.33 Å². The van der Waals surface area contributed by atoms with Gasteiger partial charge in [0.2, 0.25) is 0 Å². The Morgan fingerprint density at radius 3 is 3.00 bits per heavy atom. The van der Waals surface area contributed by atoms with Crippen LogP contribution in [0.25, 0.3) is 0 Å². The Kier molecular flexibility index (Phi) is 3.58. The Labute approximate surface area is 111 Å². The second kappa shape index (κ2) is 4.97. The van der Waals surface area contributed by atoms with Gasteiger partial charge in [0.15, 0.2) is 0 Å². The number of rotatable bonds is 3. The third kappa shape index (κ3) is 2.73. The van der Waals surface area contributed by atoms with Crippen LogP contribution in [0.2, 0.25) is 0 Å². The summed E-state index contributed by atoms with van der Waals surface area (Å²) in [4.78, 5) is 24.3. The highest BCUT2D eigenvalue weighted by Crippen LogP contribution is 2.19. The van der Waals surface area contributed by atoms with Crippen molar-refractivity contribution in [1.29, 1.82) is 0 Å². The Hall–Kier alpha value is -1.21. The van der Waals surface area contributed by atoms with Gasteiger partial charge in [-0.15, -0.1) is 11.3 Å². The number of hydrogen-bond donors (Lipinski definition) is 1. The largest absolute Gasteiger partial charge is 0.353 e. The zero-order valence-corrected chi connectivity index (χ0v) is 11.8. The monoisotopic (exact) mass is 314 g/mol. The molecule has 0 bridgehead atoms. The molecule has 0 fully saturated rings. The van der Waals surface area contributed by atoms with Crippen LogP contribution in [-0.2, 0) is 6.54 Å². The Bertz CT molecular complexity index is 580. The third-order valence-electron chi connectivity index (χ3n) is 2.21. The number of aromatic nitrogens is 3. The molecule has 2 aromatic heterocycles. The molecule has 0 saturated heterocycles. The SMILES string of the molecule is Cc1nc(CN(C)c2nc[nH]c(=O)c2Br)cs1. The lowest BCUT2D eigenvalue weighted by atomic mass is 10.4. The predicted molar refractivity (Wildman–Crippen MR) is 71.5 cm³/mol. The summed E-state index contributed by atoms with van der Waals surface area (Å²) in [5.41, 5.74) is 0.792. The fourth-order valence-electron chi connectivity index (χ4n) is 1.44. The lowest BCUT2D eigenvalue weighted by molar-refractivity contribution is 0.857. The van der Waals surface area contributed by atoms with Gasteiger partial charge in [0.25, 0.3) is 5.56 Å². The van der Waals surface area contributed by atoms with E-state index in [1.54, 1.807) is 11.3 Å². The maximum absolute atomic E-state index is 11.4. The van der Waals surface area contributed by atoms with Crippen LogP contribution in [0.15, 0.2) is 21.0 Å². The fourth-order valence-corrected chi connectivity index (χ4v) is 2.56. The van der Waals surface area contributed by atoms with Crippen molar-refractivity contribution in [2.75, 3.05) is 11.9 Å². The molecule has 2 heterocycles. The summed E-state index contributed by atoms with van der Waals surface area (Å²) in [5, 5.41) is 3.04. The van der Waals surface area contributed by atoms with Gasteiger partial charge in [-0.1, -0.05) is 0 Å². The van der Waals surface area contributed by atoms with Crippen molar-refractivity contribution in [3.8, 4) is 0 Å². The molecular formula is C10H11BrN4OS. The second-order valence-electron chi connectivity index (χ2n) is 3.58. The number of aromatic amines is 1. The van der Waals surface area contributed by atoms with Crippen molar-refractivity contribution in [2.24, 2.45) is 0 Å². The van der Waals surface area contributed by atoms with E-state index in [-0.39, 0.29) is 5.56 Å². The minimum Gasteiger partial charge on any atom is -0.353 e. The van der Waals surface area contributed by atoms with Gasteiger partial charge < -0.3 is 9.88 Å². The normalized spacial score (nSPS) is 10.5. The molecular weight excluding hydrogens is 304 g/mol. The number of anilines is 1. The van der Waals surface area contributed by atoms with Crippen molar-refractivity contribution in [3.05, 3.63) is 37.2 Å². The smallest absolute Gasteiger partial charge is 0.267 e. The van der Waals surface area contributed by atoms with Gasteiger partial charge in [0, 0.05) is 12.4 Å². The Balaban J connectivity index is 2.23. The molecule has 0 saturated carbocycles.